The molecule has 0 aromatic heterocycles. The van der Waals surface area contributed by atoms with Crippen molar-refractivity contribution in [1.82, 2.24) is 16.0 Å². The number of aliphatic hydroxyl groups excluding tert-OH is 3. The molecule has 0 bridgehead atoms. The lowest BCUT2D eigenvalue weighted by Crippen LogP contribution is -2.60. The Morgan fingerprint density at radius 2 is 1.56 bits per heavy atom. The zero-order valence-corrected chi connectivity index (χ0v) is 23.1. The molecule has 1 saturated heterocycles. The van der Waals surface area contributed by atoms with Crippen LogP contribution in [0, 0.1) is 11.3 Å². The summed E-state index contributed by atoms with van der Waals surface area (Å²) in [6.07, 6.45) is -6.47. The number of carbonyl (C=O) groups excluding carboxylic acids is 3. The maximum Gasteiger partial charge on any atom is 0.237 e. The number of ether oxygens (including phenoxy) is 2. The normalized spacial score (nSPS) is 26.9. The van der Waals surface area contributed by atoms with Gasteiger partial charge in [-0.2, -0.15) is 0 Å². The predicted octanol–water partition coefficient (Wildman–Crippen LogP) is -0.150. The lowest BCUT2D eigenvalue weighted by atomic mass is 9.84. The van der Waals surface area contributed by atoms with Crippen LogP contribution in [0.5, 0.6) is 0 Å². The molecule has 36 heavy (non-hydrogen) atoms. The zero-order chi connectivity index (χ0) is 28.0. The third-order valence-corrected chi connectivity index (χ3v) is 5.97. The van der Waals surface area contributed by atoms with Gasteiger partial charge in [-0.25, -0.2) is 0 Å². The minimum atomic E-state index is -1.50. The molecule has 0 aromatic carbocycles. The summed E-state index contributed by atoms with van der Waals surface area (Å²) in [5, 5.41) is 38.7. The fourth-order valence-electron chi connectivity index (χ4n) is 3.91. The third-order valence-electron chi connectivity index (χ3n) is 5.97. The number of hydrogen-bond donors (Lipinski definition) is 6. The van der Waals surface area contributed by atoms with E-state index < -0.39 is 54.1 Å². The fraction of sp³-hybridized carbons (Fsp3) is 0.880. The first-order valence-corrected chi connectivity index (χ1v) is 12.5. The number of amides is 2. The maximum atomic E-state index is 13.1. The Morgan fingerprint density at radius 3 is 2.03 bits per heavy atom. The number of hydrogen-bond acceptors (Lipinski definition) is 9. The first-order chi connectivity index (χ1) is 16.4. The highest BCUT2D eigenvalue weighted by Crippen LogP contribution is 2.22. The Hall–Kier alpha value is -1.63. The average Bonchev–Trinajstić information content (AvgIpc) is 2.76. The third kappa shape index (κ3) is 9.68. The van der Waals surface area contributed by atoms with Gasteiger partial charge in [0.1, 0.15) is 24.4 Å². The second-order valence-electron chi connectivity index (χ2n) is 11.9. The van der Waals surface area contributed by atoms with Crippen LogP contribution in [0.25, 0.3) is 0 Å². The van der Waals surface area contributed by atoms with Crippen LogP contribution in [0.4, 0.5) is 0 Å². The van der Waals surface area contributed by atoms with Gasteiger partial charge < -0.3 is 40.7 Å². The van der Waals surface area contributed by atoms with Crippen molar-refractivity contribution in [1.29, 1.82) is 0 Å². The molecule has 7 atom stereocenters. The van der Waals surface area contributed by atoms with E-state index in [9.17, 15) is 29.7 Å². The minimum absolute atomic E-state index is 0.0235. The monoisotopic (exact) mass is 517 g/mol. The van der Waals surface area contributed by atoms with Crippen LogP contribution in [0.2, 0.25) is 0 Å². The molecule has 210 valence electrons. The minimum Gasteiger partial charge on any atom is -0.388 e. The van der Waals surface area contributed by atoms with Gasteiger partial charge in [-0.1, -0.05) is 34.6 Å². The molecule has 0 radical (unpaired) electrons. The van der Waals surface area contributed by atoms with Gasteiger partial charge in [-0.3, -0.25) is 14.4 Å². The van der Waals surface area contributed by atoms with E-state index in [-0.39, 0.29) is 42.5 Å². The lowest BCUT2D eigenvalue weighted by Gasteiger charge is -2.39. The highest BCUT2D eigenvalue weighted by Gasteiger charge is 2.44. The van der Waals surface area contributed by atoms with E-state index in [4.69, 9.17) is 9.47 Å². The molecule has 1 aliphatic rings. The molecule has 2 amide bonds. The van der Waals surface area contributed by atoms with Crippen molar-refractivity contribution in [3.63, 3.8) is 0 Å². The van der Waals surface area contributed by atoms with Gasteiger partial charge in [0.15, 0.2) is 12.1 Å². The molecule has 0 unspecified atom stereocenters. The Labute approximate surface area is 214 Å². The van der Waals surface area contributed by atoms with Crippen LogP contribution in [0.1, 0.15) is 68.2 Å². The average molecular weight is 518 g/mol. The van der Waals surface area contributed by atoms with Crippen molar-refractivity contribution >= 4 is 17.6 Å². The van der Waals surface area contributed by atoms with Crippen molar-refractivity contribution in [2.24, 2.45) is 11.3 Å². The van der Waals surface area contributed by atoms with Crippen LogP contribution in [0.3, 0.4) is 0 Å². The van der Waals surface area contributed by atoms with Gasteiger partial charge in [0.25, 0.3) is 0 Å². The number of carbonyl (C=O) groups is 3. The van der Waals surface area contributed by atoms with Gasteiger partial charge in [0.05, 0.1) is 12.1 Å². The molecule has 0 spiro atoms. The van der Waals surface area contributed by atoms with Gasteiger partial charge in [0, 0.05) is 31.0 Å². The molecular formula is C25H47N3O8. The van der Waals surface area contributed by atoms with E-state index in [0.717, 1.165) is 0 Å². The van der Waals surface area contributed by atoms with Crippen molar-refractivity contribution in [3.8, 4) is 0 Å². The van der Waals surface area contributed by atoms with E-state index in [0.29, 0.717) is 0 Å². The topological polar surface area (TPSA) is 166 Å². The molecule has 11 nitrogen and oxygen atoms in total. The number of methoxy groups -OCH3 is 1. The summed E-state index contributed by atoms with van der Waals surface area (Å²) in [6, 6.07) is -1.38. The maximum absolute atomic E-state index is 13.1. The van der Waals surface area contributed by atoms with Crippen molar-refractivity contribution in [3.05, 3.63) is 0 Å². The number of nitrogens with one attached hydrogen (secondary N) is 3. The largest absolute Gasteiger partial charge is 0.388 e. The Balaban J connectivity index is 2.82. The molecule has 6 N–H and O–H groups in total. The van der Waals surface area contributed by atoms with E-state index in [1.165, 1.54) is 7.11 Å². The molecular weight excluding hydrogens is 470 g/mol. The summed E-state index contributed by atoms with van der Waals surface area (Å²) in [4.78, 5) is 38.8. The Bertz CT molecular complexity index is 745. The lowest BCUT2D eigenvalue weighted by molar-refractivity contribution is -0.288. The van der Waals surface area contributed by atoms with Gasteiger partial charge in [0.2, 0.25) is 11.8 Å². The highest BCUT2D eigenvalue weighted by molar-refractivity contribution is 5.94. The number of rotatable bonds is 11. The quantitative estimate of drug-likeness (QED) is 0.218. The first-order valence-electron chi connectivity index (χ1n) is 12.5. The van der Waals surface area contributed by atoms with E-state index in [2.05, 4.69) is 16.0 Å². The van der Waals surface area contributed by atoms with Gasteiger partial charge >= 0.3 is 0 Å². The predicted molar refractivity (Wildman–Crippen MR) is 134 cm³/mol. The molecule has 1 aliphatic heterocycles. The van der Waals surface area contributed by atoms with Gasteiger partial charge in [-0.05, 0) is 33.1 Å². The van der Waals surface area contributed by atoms with Crippen LogP contribution in [-0.4, -0.2) is 94.9 Å². The van der Waals surface area contributed by atoms with E-state index in [1.807, 2.05) is 34.6 Å². The SMILES string of the molecule is CO[C@@H]1O[C@H](CNC(=O)CC[C@H](NC(=O)[C@@H](NC(C)(C)C)C(C)C)C(=O)C(C)(C)C)[C@@H](O)[C@H](O)[C@H]1O. The van der Waals surface area contributed by atoms with Crippen LogP contribution < -0.4 is 16.0 Å². The molecule has 1 fully saturated rings. The second kappa shape index (κ2) is 13.3. The highest BCUT2D eigenvalue weighted by atomic mass is 16.7. The summed E-state index contributed by atoms with van der Waals surface area (Å²) in [7, 11) is 1.29. The van der Waals surface area contributed by atoms with Crippen molar-refractivity contribution in [2.45, 2.75) is 117 Å². The van der Waals surface area contributed by atoms with Crippen LogP contribution in [0.15, 0.2) is 0 Å². The summed E-state index contributed by atoms with van der Waals surface area (Å²) < 4.78 is 10.4. The summed E-state index contributed by atoms with van der Waals surface area (Å²) in [5.74, 6) is -0.938. The van der Waals surface area contributed by atoms with E-state index in [1.54, 1.807) is 20.8 Å². The van der Waals surface area contributed by atoms with Gasteiger partial charge in [-0.15, -0.1) is 0 Å². The molecule has 1 rings (SSSR count). The second-order valence-corrected chi connectivity index (χ2v) is 11.9. The zero-order valence-electron chi connectivity index (χ0n) is 23.1. The fourth-order valence-corrected chi connectivity index (χ4v) is 3.91. The smallest absolute Gasteiger partial charge is 0.237 e. The number of ketones is 1. The standard InChI is InChI=1S/C25H47N3O8/c1-13(2)17(28-25(6,7)8)22(34)27-14(21(33)24(3,4)5)10-11-16(29)26-12-15-18(30)19(31)20(32)23(35-9)36-15/h13-15,17-20,23,28,30-32H,10-12H2,1-9H3,(H,26,29)(H,27,34)/t14-,15+,17-,18+,19-,20+,23+/m0/s1. The molecule has 0 saturated carbocycles. The Morgan fingerprint density at radius 1 is 0.972 bits per heavy atom. The summed E-state index contributed by atoms with van der Waals surface area (Å²) in [6.45, 7) is 14.9. The Kier molecular flexibility index (Phi) is 11.9. The van der Waals surface area contributed by atoms with Crippen molar-refractivity contribution < 1.29 is 39.2 Å². The summed E-state index contributed by atoms with van der Waals surface area (Å²) >= 11 is 0. The first kappa shape index (κ1) is 32.4. The summed E-state index contributed by atoms with van der Waals surface area (Å²) in [5.41, 5.74) is -1.04. The molecule has 11 heteroatoms. The molecule has 0 aliphatic carbocycles. The molecule has 1 heterocycles. The van der Waals surface area contributed by atoms with Crippen LogP contribution >= 0.6 is 0 Å². The molecule has 0 aromatic rings. The van der Waals surface area contributed by atoms with Crippen LogP contribution in [-0.2, 0) is 23.9 Å². The van der Waals surface area contributed by atoms with E-state index >= 15 is 0 Å². The number of aliphatic hydroxyl groups is 3. The van der Waals surface area contributed by atoms with Crippen molar-refractivity contribution in [2.75, 3.05) is 13.7 Å². The number of Topliss-reactive ketones (excluding diaryl/α,β-unsaturated/α-hetero) is 1.